The normalized spacial score (nSPS) is 12.0. The van der Waals surface area contributed by atoms with E-state index < -0.39 is 0 Å². The fourth-order valence-electron chi connectivity index (χ4n) is 2.83. The number of amides is 1. The number of benzene rings is 1. The van der Waals surface area contributed by atoms with E-state index in [2.05, 4.69) is 25.6 Å². The summed E-state index contributed by atoms with van der Waals surface area (Å²) in [5, 5.41) is 15.3. The van der Waals surface area contributed by atoms with Crippen molar-refractivity contribution in [2.75, 3.05) is 6.61 Å². The minimum Gasteiger partial charge on any atom is -0.477 e. The van der Waals surface area contributed by atoms with Crippen molar-refractivity contribution in [1.29, 1.82) is 0 Å². The molecular formula is C20H24N6O2. The number of carbonyl (C=O) groups excluding carboxylic acids is 1. The monoisotopic (exact) mass is 380 g/mol. The maximum atomic E-state index is 12.7. The third-order valence-electron chi connectivity index (χ3n) is 4.35. The molecule has 146 valence electrons. The Hall–Kier alpha value is -3.29. The highest BCUT2D eigenvalue weighted by atomic mass is 16.5. The molecule has 1 N–H and O–H groups in total. The van der Waals surface area contributed by atoms with Gasteiger partial charge >= 0.3 is 0 Å². The van der Waals surface area contributed by atoms with Crippen LogP contribution in [0.25, 0.3) is 11.3 Å². The topological polar surface area (TPSA) is 94.8 Å². The smallest absolute Gasteiger partial charge is 0.251 e. The summed E-state index contributed by atoms with van der Waals surface area (Å²) in [5.74, 6) is 1.23. The second-order valence-corrected chi connectivity index (χ2v) is 6.70. The fraction of sp³-hybridized carbons (Fsp3) is 0.350. The number of nitrogens with zero attached hydrogens (tertiary/aromatic N) is 5. The molecule has 1 aromatic carbocycles. The van der Waals surface area contributed by atoms with E-state index in [9.17, 15) is 4.79 Å². The Morgan fingerprint density at radius 3 is 2.43 bits per heavy atom. The van der Waals surface area contributed by atoms with Gasteiger partial charge in [0.15, 0.2) is 0 Å². The lowest BCUT2D eigenvalue weighted by molar-refractivity contribution is 0.0922. The van der Waals surface area contributed by atoms with Crippen LogP contribution in [0.5, 0.6) is 5.88 Å². The third-order valence-corrected chi connectivity index (χ3v) is 4.35. The minimum atomic E-state index is -0.225. The summed E-state index contributed by atoms with van der Waals surface area (Å²) in [6, 6.07) is 10.7. The molecule has 8 nitrogen and oxygen atoms in total. The summed E-state index contributed by atoms with van der Waals surface area (Å²) >= 11 is 0. The Balaban J connectivity index is 1.73. The van der Waals surface area contributed by atoms with Crippen LogP contribution in [-0.2, 0) is 7.05 Å². The van der Waals surface area contributed by atoms with Gasteiger partial charge in [0.25, 0.3) is 5.91 Å². The van der Waals surface area contributed by atoms with Gasteiger partial charge in [-0.05, 0) is 31.0 Å². The fourth-order valence-corrected chi connectivity index (χ4v) is 2.83. The van der Waals surface area contributed by atoms with Crippen molar-refractivity contribution in [1.82, 2.24) is 30.3 Å². The maximum absolute atomic E-state index is 12.7. The molecule has 0 saturated heterocycles. The lowest BCUT2D eigenvalue weighted by Crippen LogP contribution is -2.33. The molecule has 1 unspecified atom stereocenters. The van der Waals surface area contributed by atoms with Gasteiger partial charge in [-0.15, -0.1) is 10.2 Å². The predicted octanol–water partition coefficient (Wildman–Crippen LogP) is 2.80. The molecule has 3 rings (SSSR count). The Kier molecular flexibility index (Phi) is 5.98. The van der Waals surface area contributed by atoms with Gasteiger partial charge in [0, 0.05) is 24.2 Å². The highest BCUT2D eigenvalue weighted by Gasteiger charge is 2.23. The summed E-state index contributed by atoms with van der Waals surface area (Å²) in [5.41, 5.74) is 2.16. The third kappa shape index (κ3) is 4.33. The quantitative estimate of drug-likeness (QED) is 0.677. The van der Waals surface area contributed by atoms with Crippen LogP contribution < -0.4 is 10.1 Å². The molecule has 0 aliphatic carbocycles. The molecule has 2 aromatic heterocycles. The van der Waals surface area contributed by atoms with Crippen LogP contribution in [0, 0.1) is 5.92 Å². The van der Waals surface area contributed by atoms with Crippen molar-refractivity contribution in [2.24, 2.45) is 13.0 Å². The lowest BCUT2D eigenvalue weighted by Gasteiger charge is -2.21. The standard InChI is InChI=1S/C20H24N6O2/c1-5-28-17-11-10-16(24-25-17)14-6-8-15(9-7-14)20(27)23-18(13(2)3)19-21-12-22-26(19)4/h6-13,18H,5H2,1-4H3,(H,23,27). The van der Waals surface area contributed by atoms with Gasteiger partial charge in [0.1, 0.15) is 12.2 Å². The molecule has 0 spiro atoms. The minimum absolute atomic E-state index is 0.161. The Morgan fingerprint density at radius 1 is 1.14 bits per heavy atom. The summed E-state index contributed by atoms with van der Waals surface area (Å²) in [4.78, 5) is 17.0. The summed E-state index contributed by atoms with van der Waals surface area (Å²) < 4.78 is 6.98. The zero-order valence-electron chi connectivity index (χ0n) is 16.5. The Labute approximate surface area is 164 Å². The van der Waals surface area contributed by atoms with E-state index in [1.807, 2.05) is 46.0 Å². The van der Waals surface area contributed by atoms with E-state index >= 15 is 0 Å². The number of aromatic nitrogens is 5. The number of hydrogen-bond donors (Lipinski definition) is 1. The zero-order valence-corrected chi connectivity index (χ0v) is 16.5. The molecule has 1 atom stereocenters. The number of nitrogens with one attached hydrogen (secondary N) is 1. The van der Waals surface area contributed by atoms with Crippen LogP contribution in [0.15, 0.2) is 42.7 Å². The van der Waals surface area contributed by atoms with E-state index in [1.54, 1.807) is 22.9 Å². The first-order valence-corrected chi connectivity index (χ1v) is 9.21. The van der Waals surface area contributed by atoms with Crippen LogP contribution in [0.1, 0.15) is 43.0 Å². The number of carbonyl (C=O) groups is 1. The first-order chi connectivity index (χ1) is 13.5. The molecule has 0 aliphatic heterocycles. The average Bonchev–Trinajstić information content (AvgIpc) is 3.12. The van der Waals surface area contributed by atoms with Crippen molar-refractivity contribution in [3.63, 3.8) is 0 Å². The molecule has 8 heteroatoms. The molecule has 28 heavy (non-hydrogen) atoms. The number of hydrogen-bond acceptors (Lipinski definition) is 6. The van der Waals surface area contributed by atoms with Crippen molar-refractivity contribution < 1.29 is 9.53 Å². The summed E-state index contributed by atoms with van der Waals surface area (Å²) in [7, 11) is 1.82. The molecule has 0 bridgehead atoms. The van der Waals surface area contributed by atoms with Gasteiger partial charge in [0.2, 0.25) is 5.88 Å². The van der Waals surface area contributed by atoms with Gasteiger partial charge in [-0.1, -0.05) is 26.0 Å². The average molecular weight is 380 g/mol. The first-order valence-electron chi connectivity index (χ1n) is 9.21. The van der Waals surface area contributed by atoms with Crippen molar-refractivity contribution in [3.05, 3.63) is 54.1 Å². The highest BCUT2D eigenvalue weighted by molar-refractivity contribution is 5.94. The largest absolute Gasteiger partial charge is 0.477 e. The molecule has 3 aromatic rings. The molecule has 2 heterocycles. The maximum Gasteiger partial charge on any atom is 0.251 e. The van der Waals surface area contributed by atoms with Gasteiger partial charge in [-0.2, -0.15) is 5.10 Å². The molecule has 0 saturated carbocycles. The van der Waals surface area contributed by atoms with Crippen LogP contribution >= 0.6 is 0 Å². The number of rotatable bonds is 7. The van der Waals surface area contributed by atoms with Crippen LogP contribution in [0.3, 0.4) is 0 Å². The molecule has 0 radical (unpaired) electrons. The van der Waals surface area contributed by atoms with Crippen molar-refractivity contribution in [2.45, 2.75) is 26.8 Å². The van der Waals surface area contributed by atoms with E-state index in [-0.39, 0.29) is 17.9 Å². The first kappa shape index (κ1) is 19.5. The van der Waals surface area contributed by atoms with E-state index in [1.165, 1.54) is 6.33 Å². The van der Waals surface area contributed by atoms with Crippen LogP contribution in [-0.4, -0.2) is 37.5 Å². The lowest BCUT2D eigenvalue weighted by atomic mass is 10.0. The Morgan fingerprint density at radius 2 is 1.89 bits per heavy atom. The number of ether oxygens (including phenoxy) is 1. The Bertz CT molecular complexity index is 919. The van der Waals surface area contributed by atoms with Gasteiger partial charge in [0.05, 0.1) is 18.3 Å². The van der Waals surface area contributed by atoms with E-state index in [4.69, 9.17) is 4.74 Å². The second kappa shape index (κ2) is 8.60. The summed E-state index contributed by atoms with van der Waals surface area (Å²) in [6.07, 6.45) is 1.49. The van der Waals surface area contributed by atoms with Gasteiger partial charge < -0.3 is 10.1 Å². The van der Waals surface area contributed by atoms with E-state index in [0.717, 1.165) is 17.1 Å². The van der Waals surface area contributed by atoms with Crippen molar-refractivity contribution in [3.8, 4) is 17.1 Å². The van der Waals surface area contributed by atoms with Crippen LogP contribution in [0.4, 0.5) is 0 Å². The zero-order chi connectivity index (χ0) is 20.1. The highest BCUT2D eigenvalue weighted by Crippen LogP contribution is 2.21. The predicted molar refractivity (Wildman–Crippen MR) is 105 cm³/mol. The molecule has 0 aliphatic rings. The van der Waals surface area contributed by atoms with Crippen molar-refractivity contribution >= 4 is 5.91 Å². The second-order valence-electron chi connectivity index (χ2n) is 6.70. The molecule has 0 fully saturated rings. The van der Waals surface area contributed by atoms with E-state index in [0.29, 0.717) is 18.1 Å². The van der Waals surface area contributed by atoms with Gasteiger partial charge in [-0.3, -0.25) is 9.48 Å². The number of aryl methyl sites for hydroxylation is 1. The van der Waals surface area contributed by atoms with Crippen LogP contribution in [0.2, 0.25) is 0 Å². The molecular weight excluding hydrogens is 356 g/mol. The van der Waals surface area contributed by atoms with Gasteiger partial charge in [-0.25, -0.2) is 4.98 Å². The SMILES string of the molecule is CCOc1ccc(-c2ccc(C(=O)NC(c3ncnn3C)C(C)C)cc2)nn1. The summed E-state index contributed by atoms with van der Waals surface area (Å²) in [6.45, 7) is 6.51. The molecule has 1 amide bonds.